The molecule has 7 nitrogen and oxygen atoms in total. The lowest BCUT2D eigenvalue weighted by Gasteiger charge is -2.26. The summed E-state index contributed by atoms with van der Waals surface area (Å²) in [5.74, 6) is -0.917. The smallest absolute Gasteiger partial charge is 0.307 e. The van der Waals surface area contributed by atoms with Crippen LogP contribution in [-0.4, -0.2) is 50.0 Å². The fourth-order valence-electron chi connectivity index (χ4n) is 1.96. The molecule has 0 aliphatic carbocycles. The summed E-state index contributed by atoms with van der Waals surface area (Å²) in [6.45, 7) is 2.15. The minimum Gasteiger partial charge on any atom is -0.481 e. The fourth-order valence-corrected chi connectivity index (χ4v) is 3.19. The Hall–Kier alpha value is -1.64. The topological polar surface area (TPSA) is 98.7 Å². The summed E-state index contributed by atoms with van der Waals surface area (Å²) in [5, 5.41) is 11.8. The number of aliphatic carboxylic acids is 1. The Balaban J connectivity index is 2.03. The van der Waals surface area contributed by atoms with Gasteiger partial charge in [0.25, 0.3) is 0 Å². The third-order valence-electron chi connectivity index (χ3n) is 2.97. The van der Waals surface area contributed by atoms with Crippen molar-refractivity contribution in [2.45, 2.75) is 6.42 Å². The van der Waals surface area contributed by atoms with Gasteiger partial charge in [0.1, 0.15) is 0 Å². The molecule has 1 fully saturated rings. The number of hydrogen-bond donors (Lipinski definition) is 3. The van der Waals surface area contributed by atoms with Crippen LogP contribution < -0.4 is 10.0 Å². The van der Waals surface area contributed by atoms with E-state index in [1.807, 2.05) is 0 Å². The van der Waals surface area contributed by atoms with Gasteiger partial charge in [-0.05, 0) is 17.7 Å². The second kappa shape index (κ2) is 6.21. The summed E-state index contributed by atoms with van der Waals surface area (Å²) in [5.41, 5.74) is 1.06. The minimum absolute atomic E-state index is 0.0785. The van der Waals surface area contributed by atoms with E-state index in [0.29, 0.717) is 37.4 Å². The van der Waals surface area contributed by atoms with Crippen LogP contribution in [0, 0.1) is 0 Å². The Morgan fingerprint density at radius 1 is 1.25 bits per heavy atom. The van der Waals surface area contributed by atoms with E-state index in [2.05, 4.69) is 10.0 Å². The summed E-state index contributed by atoms with van der Waals surface area (Å²) in [6, 6.07) is 6.34. The van der Waals surface area contributed by atoms with Crippen LogP contribution >= 0.6 is 0 Å². The van der Waals surface area contributed by atoms with Crippen molar-refractivity contribution < 1.29 is 18.3 Å². The first-order chi connectivity index (χ1) is 9.47. The molecule has 0 saturated carbocycles. The van der Waals surface area contributed by atoms with Crippen molar-refractivity contribution in [3.05, 3.63) is 29.8 Å². The average molecular weight is 299 g/mol. The predicted octanol–water partition coefficient (Wildman–Crippen LogP) is -0.124. The average Bonchev–Trinajstić information content (AvgIpc) is 2.41. The van der Waals surface area contributed by atoms with Gasteiger partial charge in [-0.15, -0.1) is 0 Å². The summed E-state index contributed by atoms with van der Waals surface area (Å²) in [7, 11) is -3.55. The van der Waals surface area contributed by atoms with Crippen molar-refractivity contribution in [1.82, 2.24) is 9.62 Å². The van der Waals surface area contributed by atoms with Crippen LogP contribution in [0.1, 0.15) is 5.56 Å². The van der Waals surface area contributed by atoms with Gasteiger partial charge in [0.05, 0.1) is 6.42 Å². The molecule has 20 heavy (non-hydrogen) atoms. The summed E-state index contributed by atoms with van der Waals surface area (Å²) < 4.78 is 28.1. The third kappa shape index (κ3) is 3.92. The number of hydrogen-bond acceptors (Lipinski definition) is 4. The zero-order chi connectivity index (χ0) is 14.6. The molecule has 0 radical (unpaired) electrons. The molecule has 8 heteroatoms. The van der Waals surface area contributed by atoms with E-state index >= 15 is 0 Å². The van der Waals surface area contributed by atoms with Crippen LogP contribution in [0.15, 0.2) is 24.3 Å². The Kier molecular flexibility index (Phi) is 4.58. The highest BCUT2D eigenvalue weighted by atomic mass is 32.2. The van der Waals surface area contributed by atoms with Crippen LogP contribution in [0.3, 0.4) is 0 Å². The zero-order valence-corrected chi connectivity index (χ0v) is 11.7. The summed E-state index contributed by atoms with van der Waals surface area (Å²) in [4.78, 5) is 10.6. The molecule has 1 heterocycles. The van der Waals surface area contributed by atoms with E-state index in [1.54, 1.807) is 24.3 Å². The standard InChI is InChI=1S/C12H17N3O4S/c16-12(17)9-10-1-3-11(4-2-10)14-20(18,19)15-7-5-13-6-8-15/h1-4,13-14H,5-9H2,(H,16,17). The lowest BCUT2D eigenvalue weighted by Crippen LogP contribution is -2.48. The van der Waals surface area contributed by atoms with Gasteiger partial charge in [0.2, 0.25) is 0 Å². The Bertz CT molecular complexity index is 565. The summed E-state index contributed by atoms with van der Waals surface area (Å²) >= 11 is 0. The Labute approximate surface area is 117 Å². The van der Waals surface area contributed by atoms with Gasteiger partial charge >= 0.3 is 16.2 Å². The van der Waals surface area contributed by atoms with Crippen LogP contribution in [0.25, 0.3) is 0 Å². The molecule has 110 valence electrons. The Morgan fingerprint density at radius 3 is 2.40 bits per heavy atom. The molecule has 0 spiro atoms. The molecule has 1 aromatic rings. The number of nitrogens with zero attached hydrogens (tertiary/aromatic N) is 1. The van der Waals surface area contributed by atoms with E-state index in [0.717, 1.165) is 0 Å². The number of piperazine rings is 1. The van der Waals surface area contributed by atoms with Crippen molar-refractivity contribution in [1.29, 1.82) is 0 Å². The first kappa shape index (κ1) is 14.8. The first-order valence-electron chi connectivity index (χ1n) is 6.27. The number of anilines is 1. The van der Waals surface area contributed by atoms with Gasteiger partial charge in [-0.1, -0.05) is 12.1 Å². The Morgan fingerprint density at radius 2 is 1.85 bits per heavy atom. The molecule has 1 aromatic carbocycles. The number of benzene rings is 1. The van der Waals surface area contributed by atoms with Gasteiger partial charge in [-0.2, -0.15) is 12.7 Å². The number of rotatable bonds is 5. The maximum atomic E-state index is 12.1. The van der Waals surface area contributed by atoms with E-state index < -0.39 is 16.2 Å². The highest BCUT2D eigenvalue weighted by molar-refractivity contribution is 7.90. The molecule has 1 saturated heterocycles. The lowest BCUT2D eigenvalue weighted by atomic mass is 10.1. The van der Waals surface area contributed by atoms with Crippen LogP contribution in [0.5, 0.6) is 0 Å². The van der Waals surface area contributed by atoms with Crippen LogP contribution in [-0.2, 0) is 21.4 Å². The van der Waals surface area contributed by atoms with Gasteiger partial charge in [-0.3, -0.25) is 9.52 Å². The van der Waals surface area contributed by atoms with Crippen molar-refractivity contribution >= 4 is 21.9 Å². The van der Waals surface area contributed by atoms with E-state index in [-0.39, 0.29) is 6.42 Å². The molecule has 0 bridgehead atoms. The maximum absolute atomic E-state index is 12.1. The second-order valence-corrected chi connectivity index (χ2v) is 6.19. The molecule has 0 atom stereocenters. The molecular formula is C12H17N3O4S. The number of carbonyl (C=O) groups is 1. The molecule has 3 N–H and O–H groups in total. The maximum Gasteiger partial charge on any atom is 0.307 e. The highest BCUT2D eigenvalue weighted by Gasteiger charge is 2.23. The highest BCUT2D eigenvalue weighted by Crippen LogP contribution is 2.14. The second-order valence-electron chi connectivity index (χ2n) is 4.52. The number of carboxylic acids is 1. The quantitative estimate of drug-likeness (QED) is 0.704. The van der Waals surface area contributed by atoms with Crippen LogP contribution in [0.2, 0.25) is 0 Å². The zero-order valence-electron chi connectivity index (χ0n) is 10.9. The molecule has 1 aliphatic rings. The summed E-state index contributed by atoms with van der Waals surface area (Å²) in [6.07, 6.45) is -0.0785. The van der Waals surface area contributed by atoms with Gasteiger partial charge < -0.3 is 10.4 Å². The van der Waals surface area contributed by atoms with Crippen molar-refractivity contribution in [2.75, 3.05) is 30.9 Å². The van der Waals surface area contributed by atoms with Gasteiger partial charge in [0.15, 0.2) is 0 Å². The lowest BCUT2D eigenvalue weighted by molar-refractivity contribution is -0.136. The number of nitrogens with one attached hydrogen (secondary N) is 2. The number of carboxylic acid groups (broad SMARTS) is 1. The fraction of sp³-hybridized carbons (Fsp3) is 0.417. The SMILES string of the molecule is O=C(O)Cc1ccc(NS(=O)(=O)N2CCNCC2)cc1. The van der Waals surface area contributed by atoms with Crippen molar-refractivity contribution in [3.63, 3.8) is 0 Å². The largest absolute Gasteiger partial charge is 0.481 e. The predicted molar refractivity (Wildman–Crippen MR) is 74.8 cm³/mol. The van der Waals surface area contributed by atoms with E-state index in [1.165, 1.54) is 4.31 Å². The van der Waals surface area contributed by atoms with Gasteiger partial charge in [0, 0.05) is 31.9 Å². The molecule has 0 amide bonds. The van der Waals surface area contributed by atoms with E-state index in [9.17, 15) is 13.2 Å². The van der Waals surface area contributed by atoms with Crippen molar-refractivity contribution in [2.24, 2.45) is 0 Å². The van der Waals surface area contributed by atoms with Gasteiger partial charge in [-0.25, -0.2) is 0 Å². The molecule has 0 unspecified atom stereocenters. The third-order valence-corrected chi connectivity index (χ3v) is 4.51. The molecule has 2 rings (SSSR count). The van der Waals surface area contributed by atoms with Crippen molar-refractivity contribution in [3.8, 4) is 0 Å². The molecule has 0 aromatic heterocycles. The van der Waals surface area contributed by atoms with E-state index in [4.69, 9.17) is 5.11 Å². The first-order valence-corrected chi connectivity index (χ1v) is 7.71. The van der Waals surface area contributed by atoms with Crippen LogP contribution in [0.4, 0.5) is 5.69 Å². The molecule has 1 aliphatic heterocycles. The monoisotopic (exact) mass is 299 g/mol. The normalized spacial score (nSPS) is 16.8. The minimum atomic E-state index is -3.55. The molecular weight excluding hydrogens is 282 g/mol.